The number of carbonyl (C=O) groups is 1. The van der Waals surface area contributed by atoms with Crippen molar-refractivity contribution in [2.75, 3.05) is 18.1 Å². The monoisotopic (exact) mass is 189 g/mol. The van der Waals surface area contributed by atoms with Gasteiger partial charge in [-0.25, -0.2) is 0 Å². The van der Waals surface area contributed by atoms with Crippen molar-refractivity contribution in [3.8, 4) is 0 Å². The molecular weight excluding hydrogens is 172 g/mol. The molecular formula is C9H17O2S. The molecule has 0 fully saturated rings. The number of thioether (sulfide) groups is 1. The van der Waals surface area contributed by atoms with E-state index in [0.717, 1.165) is 24.3 Å². The Morgan fingerprint density at radius 3 is 2.75 bits per heavy atom. The number of hydrogen-bond acceptors (Lipinski definition) is 3. The van der Waals surface area contributed by atoms with Gasteiger partial charge in [-0.1, -0.05) is 13.8 Å². The van der Waals surface area contributed by atoms with Crippen LogP contribution in [0.1, 0.15) is 26.7 Å². The quantitative estimate of drug-likeness (QED) is 0.454. The molecule has 0 aromatic carbocycles. The Morgan fingerprint density at radius 2 is 2.17 bits per heavy atom. The van der Waals surface area contributed by atoms with Gasteiger partial charge in [0.15, 0.2) is 0 Å². The fourth-order valence-corrected chi connectivity index (χ4v) is 1.33. The van der Waals surface area contributed by atoms with Gasteiger partial charge in [-0.2, -0.15) is 11.8 Å². The molecule has 0 saturated heterocycles. The molecule has 0 aromatic heterocycles. The molecule has 0 aliphatic rings. The lowest BCUT2D eigenvalue weighted by Crippen LogP contribution is -2.07. The van der Waals surface area contributed by atoms with E-state index in [4.69, 9.17) is 4.74 Å². The number of hydrogen-bond donors (Lipinski definition) is 0. The largest absolute Gasteiger partial charge is 0.465 e. The zero-order valence-corrected chi connectivity index (χ0v) is 8.65. The van der Waals surface area contributed by atoms with Crippen molar-refractivity contribution in [3.05, 3.63) is 6.42 Å². The van der Waals surface area contributed by atoms with Gasteiger partial charge >= 0.3 is 5.97 Å². The minimum atomic E-state index is -0.180. The molecule has 0 aliphatic heterocycles. The number of ether oxygens (including phenoxy) is 1. The second-order valence-electron chi connectivity index (χ2n) is 2.45. The molecule has 0 rings (SSSR count). The van der Waals surface area contributed by atoms with Crippen molar-refractivity contribution in [2.45, 2.75) is 26.7 Å². The summed E-state index contributed by atoms with van der Waals surface area (Å²) < 4.78 is 4.86. The molecule has 0 bridgehead atoms. The molecule has 0 unspecified atom stereocenters. The fraction of sp³-hybridized carbons (Fsp3) is 0.778. The highest BCUT2D eigenvalue weighted by molar-refractivity contribution is 7.99. The lowest BCUT2D eigenvalue weighted by molar-refractivity contribution is -0.139. The minimum absolute atomic E-state index is 0.180. The maximum atomic E-state index is 10.9. The van der Waals surface area contributed by atoms with E-state index in [1.165, 1.54) is 0 Å². The molecule has 1 radical (unpaired) electrons. The van der Waals surface area contributed by atoms with Crippen molar-refractivity contribution >= 4 is 17.7 Å². The molecule has 0 atom stereocenters. The highest BCUT2D eigenvalue weighted by Gasteiger charge is 2.01. The van der Waals surface area contributed by atoms with Gasteiger partial charge < -0.3 is 4.74 Å². The third-order valence-electron chi connectivity index (χ3n) is 1.16. The molecule has 0 amide bonds. The first-order chi connectivity index (χ1) is 5.81. The summed E-state index contributed by atoms with van der Waals surface area (Å²) in [5, 5.41) is 0. The van der Waals surface area contributed by atoms with Crippen LogP contribution < -0.4 is 0 Å². The highest BCUT2D eigenvalue weighted by Crippen LogP contribution is 2.03. The van der Waals surface area contributed by atoms with Gasteiger partial charge in [-0.15, -0.1) is 0 Å². The molecule has 0 N–H and O–H groups in total. The van der Waals surface area contributed by atoms with Gasteiger partial charge in [-0.3, -0.25) is 4.79 Å². The van der Waals surface area contributed by atoms with Crippen LogP contribution in [0.15, 0.2) is 0 Å². The van der Waals surface area contributed by atoms with E-state index in [1.54, 1.807) is 18.2 Å². The zero-order chi connectivity index (χ0) is 9.23. The second-order valence-corrected chi connectivity index (χ2v) is 3.60. The van der Waals surface area contributed by atoms with Gasteiger partial charge in [0.05, 0.1) is 13.0 Å². The van der Waals surface area contributed by atoms with Crippen LogP contribution in [0.2, 0.25) is 0 Å². The number of rotatable bonds is 7. The minimum Gasteiger partial charge on any atom is -0.465 e. The second kappa shape index (κ2) is 8.91. The predicted octanol–water partition coefficient (Wildman–Crippen LogP) is 2.29. The summed E-state index contributed by atoms with van der Waals surface area (Å²) in [5.74, 6) is 1.70. The summed E-state index contributed by atoms with van der Waals surface area (Å²) >= 11 is 1.76. The van der Waals surface area contributed by atoms with Crippen LogP contribution in [-0.2, 0) is 9.53 Å². The predicted molar refractivity (Wildman–Crippen MR) is 53.2 cm³/mol. The summed E-state index contributed by atoms with van der Waals surface area (Å²) in [5.41, 5.74) is 0. The van der Waals surface area contributed by atoms with E-state index in [2.05, 4.69) is 6.92 Å². The van der Waals surface area contributed by atoms with Crippen LogP contribution in [0.4, 0.5) is 0 Å². The van der Waals surface area contributed by atoms with Gasteiger partial charge in [0.25, 0.3) is 0 Å². The Bertz CT molecular complexity index is 115. The lowest BCUT2D eigenvalue weighted by atomic mass is 10.5. The molecule has 0 aliphatic carbocycles. The van der Waals surface area contributed by atoms with Crippen LogP contribution in [0, 0.1) is 6.42 Å². The van der Waals surface area contributed by atoms with Crippen LogP contribution in [0.3, 0.4) is 0 Å². The fourth-order valence-electron chi connectivity index (χ4n) is 0.616. The summed E-state index contributed by atoms with van der Waals surface area (Å²) in [4.78, 5) is 10.9. The molecule has 0 spiro atoms. The number of carbonyl (C=O) groups excluding carboxylic acids is 1. The molecule has 0 aromatic rings. The Hall–Kier alpha value is -0.180. The van der Waals surface area contributed by atoms with Gasteiger partial charge in [-0.05, 0) is 18.6 Å². The number of esters is 1. The van der Waals surface area contributed by atoms with Crippen molar-refractivity contribution < 1.29 is 9.53 Å². The van der Waals surface area contributed by atoms with Crippen molar-refractivity contribution in [1.82, 2.24) is 0 Å². The van der Waals surface area contributed by atoms with Gasteiger partial charge in [0.2, 0.25) is 0 Å². The Kier molecular flexibility index (Phi) is 8.78. The zero-order valence-electron chi connectivity index (χ0n) is 7.84. The summed E-state index contributed by atoms with van der Waals surface area (Å²) in [6, 6.07) is 0. The van der Waals surface area contributed by atoms with E-state index in [-0.39, 0.29) is 5.97 Å². The van der Waals surface area contributed by atoms with Gasteiger partial charge in [0, 0.05) is 5.75 Å². The first-order valence-electron chi connectivity index (χ1n) is 4.39. The third-order valence-corrected chi connectivity index (χ3v) is 2.26. The summed E-state index contributed by atoms with van der Waals surface area (Å²) in [7, 11) is 0. The maximum absolute atomic E-state index is 10.9. The van der Waals surface area contributed by atoms with Crippen molar-refractivity contribution in [1.29, 1.82) is 0 Å². The van der Waals surface area contributed by atoms with Crippen molar-refractivity contribution in [2.24, 2.45) is 0 Å². The summed E-state index contributed by atoms with van der Waals surface area (Å²) in [6.45, 7) is 4.65. The summed E-state index contributed by atoms with van der Waals surface area (Å²) in [6.07, 6.45) is 3.65. The topological polar surface area (TPSA) is 26.3 Å². The van der Waals surface area contributed by atoms with E-state index in [1.807, 2.05) is 6.92 Å². The first kappa shape index (κ1) is 11.8. The van der Waals surface area contributed by atoms with E-state index >= 15 is 0 Å². The van der Waals surface area contributed by atoms with Crippen LogP contribution >= 0.6 is 11.8 Å². The molecule has 0 heterocycles. The third kappa shape index (κ3) is 7.92. The lowest BCUT2D eigenvalue weighted by Gasteiger charge is -2.01. The average molecular weight is 189 g/mol. The molecule has 71 valence electrons. The average Bonchev–Trinajstić information content (AvgIpc) is 2.09. The SMILES string of the molecule is CCCOC(=O)[CH]CSCCC. The van der Waals surface area contributed by atoms with Crippen LogP contribution in [0.25, 0.3) is 0 Å². The maximum Gasteiger partial charge on any atom is 0.310 e. The Balaban J connectivity index is 3.08. The van der Waals surface area contributed by atoms with E-state index < -0.39 is 0 Å². The molecule has 3 heteroatoms. The van der Waals surface area contributed by atoms with E-state index in [9.17, 15) is 4.79 Å². The van der Waals surface area contributed by atoms with Crippen molar-refractivity contribution in [3.63, 3.8) is 0 Å². The molecule has 12 heavy (non-hydrogen) atoms. The molecule has 0 saturated carbocycles. The first-order valence-corrected chi connectivity index (χ1v) is 5.54. The van der Waals surface area contributed by atoms with Crippen LogP contribution in [0.5, 0.6) is 0 Å². The van der Waals surface area contributed by atoms with E-state index in [0.29, 0.717) is 6.61 Å². The Labute approximate surface area is 79.1 Å². The smallest absolute Gasteiger partial charge is 0.310 e. The normalized spacial score (nSPS) is 9.83. The van der Waals surface area contributed by atoms with Crippen LogP contribution in [-0.4, -0.2) is 24.1 Å². The highest BCUT2D eigenvalue weighted by atomic mass is 32.2. The molecule has 2 nitrogen and oxygen atoms in total. The Morgan fingerprint density at radius 1 is 1.42 bits per heavy atom. The van der Waals surface area contributed by atoms with Gasteiger partial charge in [0.1, 0.15) is 0 Å². The standard InChI is InChI=1S/C9H17O2S/c1-3-6-11-9(10)5-8-12-7-4-2/h5H,3-4,6-8H2,1-2H3.